The number of carbonyl (C=O) groups excluding carboxylic acids is 1. The Kier molecular flexibility index (Phi) is 5.36. The lowest BCUT2D eigenvalue weighted by molar-refractivity contribution is 0.0651. The number of furan rings is 1. The third-order valence-electron chi connectivity index (χ3n) is 4.53. The second-order valence-corrected chi connectivity index (χ2v) is 7.07. The fraction of sp³-hybridized carbons (Fsp3) is 0.526. The molecular weight excluding hydrogens is 318 g/mol. The summed E-state index contributed by atoms with van der Waals surface area (Å²) < 4.78 is 5.56. The van der Waals surface area contributed by atoms with Crippen LogP contribution in [0.25, 0.3) is 0 Å². The Hall–Kier alpha value is -2.37. The number of aromatic nitrogens is 2. The minimum absolute atomic E-state index is 0.0976. The summed E-state index contributed by atoms with van der Waals surface area (Å²) in [5.74, 6) is 0.983. The first kappa shape index (κ1) is 17.5. The zero-order valence-corrected chi connectivity index (χ0v) is 14.8. The van der Waals surface area contributed by atoms with Crippen molar-refractivity contribution in [3.05, 3.63) is 52.1 Å². The lowest BCUT2D eigenvalue weighted by Gasteiger charge is -2.28. The van der Waals surface area contributed by atoms with Gasteiger partial charge in [0.15, 0.2) is 0 Å². The van der Waals surface area contributed by atoms with Crippen LogP contribution in [-0.2, 0) is 6.42 Å². The number of carbonyl (C=O) groups is 1. The molecule has 1 N–H and O–H groups in total. The molecule has 0 aliphatic carbocycles. The Morgan fingerprint density at radius 2 is 2.24 bits per heavy atom. The van der Waals surface area contributed by atoms with Crippen LogP contribution in [-0.4, -0.2) is 27.3 Å². The Morgan fingerprint density at radius 3 is 2.96 bits per heavy atom. The van der Waals surface area contributed by atoms with E-state index in [2.05, 4.69) is 23.8 Å². The molecule has 25 heavy (non-hydrogen) atoms. The van der Waals surface area contributed by atoms with Gasteiger partial charge in [-0.2, -0.15) is 4.98 Å². The minimum Gasteiger partial charge on any atom is -0.467 e. The summed E-state index contributed by atoms with van der Waals surface area (Å²) in [6.07, 6.45) is 6.29. The smallest absolute Gasteiger partial charge is 0.345 e. The quantitative estimate of drug-likeness (QED) is 0.923. The standard InChI is InChI=1S/C19H25N3O3/c1-13(2)11-14-12-15(21-19(24)20-14)18(23)22-9-5-3-4-7-16(22)17-8-6-10-25-17/h6,8,10,12-13,16H,3-5,7,9,11H2,1-2H3,(H,20,21,24). The van der Waals surface area contributed by atoms with E-state index in [1.165, 1.54) is 0 Å². The highest BCUT2D eigenvalue weighted by molar-refractivity contribution is 5.92. The largest absolute Gasteiger partial charge is 0.467 e. The van der Waals surface area contributed by atoms with Crippen molar-refractivity contribution in [2.75, 3.05) is 6.54 Å². The van der Waals surface area contributed by atoms with Gasteiger partial charge < -0.3 is 14.3 Å². The molecule has 0 bridgehead atoms. The van der Waals surface area contributed by atoms with Crippen LogP contribution in [0.15, 0.2) is 33.7 Å². The second-order valence-electron chi connectivity index (χ2n) is 7.07. The average Bonchev–Trinajstić information content (AvgIpc) is 2.97. The Balaban J connectivity index is 1.91. The molecule has 0 spiro atoms. The molecule has 1 aliphatic heterocycles. The van der Waals surface area contributed by atoms with Gasteiger partial charge in [-0.15, -0.1) is 0 Å². The Labute approximate surface area is 147 Å². The van der Waals surface area contributed by atoms with Crippen LogP contribution >= 0.6 is 0 Å². The molecule has 134 valence electrons. The molecule has 1 fully saturated rings. The first-order valence-corrected chi connectivity index (χ1v) is 8.99. The summed E-state index contributed by atoms with van der Waals surface area (Å²) in [6.45, 7) is 4.79. The molecule has 1 aliphatic rings. The lowest BCUT2D eigenvalue weighted by atomic mass is 10.1. The molecule has 2 aromatic heterocycles. The van der Waals surface area contributed by atoms with E-state index >= 15 is 0 Å². The van der Waals surface area contributed by atoms with Crippen molar-refractivity contribution < 1.29 is 9.21 Å². The van der Waals surface area contributed by atoms with Crippen LogP contribution in [0.2, 0.25) is 0 Å². The van der Waals surface area contributed by atoms with Crippen molar-refractivity contribution in [2.45, 2.75) is 52.0 Å². The van der Waals surface area contributed by atoms with Gasteiger partial charge in [-0.05, 0) is 43.4 Å². The summed E-state index contributed by atoms with van der Waals surface area (Å²) >= 11 is 0. The van der Waals surface area contributed by atoms with Gasteiger partial charge in [-0.3, -0.25) is 4.79 Å². The topological polar surface area (TPSA) is 79.2 Å². The van der Waals surface area contributed by atoms with Crippen molar-refractivity contribution in [2.24, 2.45) is 5.92 Å². The second kappa shape index (κ2) is 7.68. The van der Waals surface area contributed by atoms with Gasteiger partial charge in [0.05, 0.1) is 12.3 Å². The molecule has 6 heteroatoms. The highest BCUT2D eigenvalue weighted by Crippen LogP contribution is 2.31. The third kappa shape index (κ3) is 4.18. The molecule has 1 amide bonds. The maximum atomic E-state index is 13.1. The van der Waals surface area contributed by atoms with E-state index in [-0.39, 0.29) is 17.6 Å². The van der Waals surface area contributed by atoms with E-state index in [1.54, 1.807) is 12.3 Å². The van der Waals surface area contributed by atoms with Gasteiger partial charge >= 0.3 is 5.69 Å². The van der Waals surface area contributed by atoms with Gasteiger partial charge in [0.25, 0.3) is 5.91 Å². The average molecular weight is 343 g/mol. The maximum Gasteiger partial charge on any atom is 0.345 e. The first-order chi connectivity index (χ1) is 12.0. The first-order valence-electron chi connectivity index (χ1n) is 8.99. The fourth-order valence-electron chi connectivity index (χ4n) is 3.44. The predicted octanol–water partition coefficient (Wildman–Crippen LogP) is 3.32. The van der Waals surface area contributed by atoms with Crippen molar-refractivity contribution in [3.8, 4) is 0 Å². The summed E-state index contributed by atoms with van der Waals surface area (Å²) in [5.41, 5.74) is 0.506. The van der Waals surface area contributed by atoms with Crippen LogP contribution in [0.1, 0.15) is 67.5 Å². The zero-order chi connectivity index (χ0) is 17.8. The number of H-pyrrole nitrogens is 1. The maximum absolute atomic E-state index is 13.1. The predicted molar refractivity (Wildman–Crippen MR) is 94.4 cm³/mol. The number of nitrogens with zero attached hydrogens (tertiary/aromatic N) is 2. The van der Waals surface area contributed by atoms with Crippen molar-refractivity contribution in [1.82, 2.24) is 14.9 Å². The molecule has 0 saturated carbocycles. The van der Waals surface area contributed by atoms with Gasteiger partial charge in [0, 0.05) is 12.2 Å². The Morgan fingerprint density at radius 1 is 1.40 bits per heavy atom. The summed E-state index contributed by atoms with van der Waals surface area (Å²) in [6, 6.07) is 5.37. The van der Waals surface area contributed by atoms with Crippen LogP contribution in [0.4, 0.5) is 0 Å². The minimum atomic E-state index is -0.467. The van der Waals surface area contributed by atoms with E-state index in [0.29, 0.717) is 18.9 Å². The third-order valence-corrected chi connectivity index (χ3v) is 4.53. The van der Waals surface area contributed by atoms with Crippen molar-refractivity contribution in [1.29, 1.82) is 0 Å². The molecule has 2 aromatic rings. The van der Waals surface area contributed by atoms with Gasteiger partial charge in [0.2, 0.25) is 0 Å². The zero-order valence-electron chi connectivity index (χ0n) is 14.8. The highest BCUT2D eigenvalue weighted by Gasteiger charge is 2.30. The Bertz CT molecular complexity index is 764. The van der Waals surface area contributed by atoms with Crippen molar-refractivity contribution in [3.63, 3.8) is 0 Å². The van der Waals surface area contributed by atoms with Gasteiger partial charge in [0.1, 0.15) is 11.5 Å². The van der Waals surface area contributed by atoms with Gasteiger partial charge in [-0.25, -0.2) is 4.79 Å². The molecule has 3 heterocycles. The van der Waals surface area contributed by atoms with Crippen molar-refractivity contribution >= 4 is 5.91 Å². The monoisotopic (exact) mass is 343 g/mol. The molecule has 0 aromatic carbocycles. The number of hydrogen-bond acceptors (Lipinski definition) is 4. The van der Waals surface area contributed by atoms with Crippen LogP contribution in [0.5, 0.6) is 0 Å². The van der Waals surface area contributed by atoms with E-state index in [1.807, 2.05) is 17.0 Å². The molecule has 1 saturated heterocycles. The SMILES string of the molecule is CC(C)Cc1cc(C(=O)N2CCCCCC2c2ccco2)nc(=O)[nH]1. The molecule has 1 atom stereocenters. The van der Waals surface area contributed by atoms with E-state index in [0.717, 1.165) is 37.1 Å². The molecular formula is C19H25N3O3. The molecule has 6 nitrogen and oxygen atoms in total. The molecule has 0 radical (unpaired) electrons. The van der Waals surface area contributed by atoms with Crippen LogP contribution in [0.3, 0.4) is 0 Å². The molecule has 1 unspecified atom stereocenters. The number of rotatable bonds is 4. The summed E-state index contributed by atoms with van der Waals surface area (Å²) in [7, 11) is 0. The number of likely N-dealkylation sites (tertiary alicyclic amines) is 1. The number of aromatic amines is 1. The fourth-order valence-corrected chi connectivity index (χ4v) is 3.44. The number of nitrogens with one attached hydrogen (secondary N) is 1. The normalized spacial score (nSPS) is 18.4. The summed E-state index contributed by atoms with van der Waals surface area (Å²) in [5, 5.41) is 0. The number of hydrogen-bond donors (Lipinski definition) is 1. The van der Waals surface area contributed by atoms with E-state index in [4.69, 9.17) is 4.42 Å². The van der Waals surface area contributed by atoms with Gasteiger partial charge in [-0.1, -0.05) is 26.7 Å². The van der Waals surface area contributed by atoms with E-state index in [9.17, 15) is 9.59 Å². The van der Waals surface area contributed by atoms with Crippen LogP contribution in [0, 0.1) is 5.92 Å². The number of amides is 1. The van der Waals surface area contributed by atoms with E-state index < -0.39 is 5.69 Å². The molecule has 3 rings (SSSR count). The summed E-state index contributed by atoms with van der Waals surface area (Å²) in [4.78, 5) is 33.5. The van der Waals surface area contributed by atoms with Crippen LogP contribution < -0.4 is 5.69 Å². The highest BCUT2D eigenvalue weighted by atomic mass is 16.3. The lowest BCUT2D eigenvalue weighted by Crippen LogP contribution is -2.36.